The third-order valence-corrected chi connectivity index (χ3v) is 5.91. The van der Waals surface area contributed by atoms with Gasteiger partial charge in [-0.1, -0.05) is 13.3 Å². The summed E-state index contributed by atoms with van der Waals surface area (Å²) in [6, 6.07) is 1.34. The Labute approximate surface area is 132 Å². The van der Waals surface area contributed by atoms with Crippen LogP contribution in [-0.2, 0) is 13.0 Å². The summed E-state index contributed by atoms with van der Waals surface area (Å²) < 4.78 is 0. The van der Waals surface area contributed by atoms with Crippen LogP contribution in [0.2, 0.25) is 0 Å². The highest BCUT2D eigenvalue weighted by Gasteiger charge is 2.35. The van der Waals surface area contributed by atoms with E-state index in [1.165, 1.54) is 54.6 Å². The summed E-state index contributed by atoms with van der Waals surface area (Å²) in [4.78, 5) is 11.7. The van der Waals surface area contributed by atoms with Crippen molar-refractivity contribution in [2.75, 3.05) is 31.6 Å². The predicted octanol–water partition coefficient (Wildman–Crippen LogP) is 2.49. The van der Waals surface area contributed by atoms with Gasteiger partial charge in [-0.05, 0) is 39.8 Å². The number of thiazole rings is 1. The highest BCUT2D eigenvalue weighted by Crippen LogP contribution is 2.33. The fourth-order valence-electron chi connectivity index (χ4n) is 3.68. The number of fused-ring (bicyclic) bond motifs is 1. The minimum absolute atomic E-state index is 0.586. The van der Waals surface area contributed by atoms with Gasteiger partial charge in [0.25, 0.3) is 0 Å². The molecule has 2 atom stereocenters. The molecular weight excluding hydrogens is 280 g/mol. The number of nitrogens with one attached hydrogen (secondary N) is 1. The van der Waals surface area contributed by atoms with Gasteiger partial charge in [0.1, 0.15) is 0 Å². The van der Waals surface area contributed by atoms with E-state index in [1.807, 2.05) is 18.4 Å². The van der Waals surface area contributed by atoms with E-state index in [0.29, 0.717) is 6.04 Å². The van der Waals surface area contributed by atoms with E-state index in [-0.39, 0.29) is 0 Å². The van der Waals surface area contributed by atoms with Crippen molar-refractivity contribution >= 4 is 16.5 Å². The molecule has 0 aromatic carbocycles. The van der Waals surface area contributed by atoms with Crippen molar-refractivity contribution in [3.8, 4) is 0 Å². The minimum Gasteiger partial charge on any atom is -0.343 e. The first kappa shape index (κ1) is 15.3. The van der Waals surface area contributed by atoms with Crippen molar-refractivity contribution in [1.82, 2.24) is 15.2 Å². The van der Waals surface area contributed by atoms with Gasteiger partial charge < -0.3 is 10.2 Å². The Kier molecular flexibility index (Phi) is 4.82. The molecule has 1 aromatic heterocycles. The van der Waals surface area contributed by atoms with E-state index in [2.05, 4.69) is 29.0 Å². The number of aromatic nitrogens is 1. The van der Waals surface area contributed by atoms with Crippen molar-refractivity contribution in [3.05, 3.63) is 10.6 Å². The second-order valence-corrected chi connectivity index (χ2v) is 7.50. The molecule has 118 valence electrons. The number of aryl methyl sites for hydroxylation is 1. The SMILES string of the molecule is CCCc1nc(N2CC3CCCN3CC2C)sc1CNC. The van der Waals surface area contributed by atoms with Crippen LogP contribution in [0.4, 0.5) is 5.13 Å². The largest absolute Gasteiger partial charge is 0.343 e. The summed E-state index contributed by atoms with van der Waals surface area (Å²) in [5.41, 5.74) is 1.31. The minimum atomic E-state index is 0.586. The molecule has 4 nitrogen and oxygen atoms in total. The van der Waals surface area contributed by atoms with Crippen LogP contribution >= 0.6 is 11.3 Å². The van der Waals surface area contributed by atoms with Crippen molar-refractivity contribution in [3.63, 3.8) is 0 Å². The standard InChI is InChI=1S/C16H28N4S/c1-4-6-14-15(9-17-3)21-16(18-14)20-11-13-7-5-8-19(13)10-12(20)2/h12-13,17H,4-11H2,1-3H3. The fourth-order valence-corrected chi connectivity index (χ4v) is 4.91. The molecule has 2 aliphatic rings. The van der Waals surface area contributed by atoms with Gasteiger partial charge in [0, 0.05) is 36.6 Å². The Bertz CT molecular complexity index is 449. The molecule has 1 aromatic rings. The second-order valence-electron chi connectivity index (χ2n) is 6.44. The molecule has 3 rings (SSSR count). The van der Waals surface area contributed by atoms with Crippen molar-refractivity contribution in [2.45, 2.75) is 58.2 Å². The van der Waals surface area contributed by atoms with E-state index in [1.54, 1.807) is 0 Å². The van der Waals surface area contributed by atoms with Gasteiger partial charge in [0.05, 0.1) is 5.69 Å². The lowest BCUT2D eigenvalue weighted by Crippen LogP contribution is -2.55. The average Bonchev–Trinajstić information content (AvgIpc) is 3.06. The van der Waals surface area contributed by atoms with E-state index >= 15 is 0 Å². The molecule has 3 heterocycles. The fraction of sp³-hybridized carbons (Fsp3) is 0.812. The monoisotopic (exact) mass is 308 g/mol. The maximum atomic E-state index is 4.99. The summed E-state index contributed by atoms with van der Waals surface area (Å²) in [5, 5.41) is 4.54. The lowest BCUT2D eigenvalue weighted by Gasteiger charge is -2.42. The number of anilines is 1. The van der Waals surface area contributed by atoms with Crippen LogP contribution in [0.3, 0.4) is 0 Å². The Hall–Kier alpha value is -0.650. The highest BCUT2D eigenvalue weighted by molar-refractivity contribution is 7.15. The van der Waals surface area contributed by atoms with E-state index < -0.39 is 0 Å². The van der Waals surface area contributed by atoms with E-state index in [4.69, 9.17) is 4.98 Å². The first-order valence-corrected chi connectivity index (χ1v) is 9.18. The first-order valence-electron chi connectivity index (χ1n) is 8.36. The Morgan fingerprint density at radius 2 is 2.24 bits per heavy atom. The van der Waals surface area contributed by atoms with Gasteiger partial charge in [-0.2, -0.15) is 0 Å². The molecule has 1 N–H and O–H groups in total. The smallest absolute Gasteiger partial charge is 0.186 e. The highest BCUT2D eigenvalue weighted by atomic mass is 32.1. The summed E-state index contributed by atoms with van der Waals surface area (Å²) in [5.74, 6) is 0. The average molecular weight is 308 g/mol. The number of nitrogens with zero attached hydrogens (tertiary/aromatic N) is 3. The quantitative estimate of drug-likeness (QED) is 0.905. The number of piperazine rings is 1. The van der Waals surface area contributed by atoms with E-state index in [0.717, 1.165) is 19.0 Å². The van der Waals surface area contributed by atoms with Crippen LogP contribution in [0.5, 0.6) is 0 Å². The summed E-state index contributed by atoms with van der Waals surface area (Å²) in [6.45, 7) is 9.21. The van der Waals surface area contributed by atoms with Crippen LogP contribution < -0.4 is 10.2 Å². The molecular formula is C16H28N4S. The van der Waals surface area contributed by atoms with Gasteiger partial charge in [0.15, 0.2) is 5.13 Å². The van der Waals surface area contributed by atoms with Crippen LogP contribution in [0.15, 0.2) is 0 Å². The van der Waals surface area contributed by atoms with Gasteiger partial charge in [-0.15, -0.1) is 11.3 Å². The molecule has 21 heavy (non-hydrogen) atoms. The van der Waals surface area contributed by atoms with Crippen LogP contribution in [-0.4, -0.2) is 48.6 Å². The molecule has 2 aliphatic heterocycles. The molecule has 2 saturated heterocycles. The van der Waals surface area contributed by atoms with Crippen LogP contribution in [0.1, 0.15) is 43.7 Å². The van der Waals surface area contributed by atoms with Crippen molar-refractivity contribution < 1.29 is 0 Å². The molecule has 2 unspecified atom stereocenters. The number of rotatable bonds is 5. The molecule has 0 spiro atoms. The van der Waals surface area contributed by atoms with E-state index in [9.17, 15) is 0 Å². The number of hydrogen-bond acceptors (Lipinski definition) is 5. The lowest BCUT2D eigenvalue weighted by atomic mass is 10.1. The third kappa shape index (κ3) is 3.10. The van der Waals surface area contributed by atoms with Crippen LogP contribution in [0, 0.1) is 0 Å². The topological polar surface area (TPSA) is 31.4 Å². The second kappa shape index (κ2) is 6.63. The molecule has 0 aliphatic carbocycles. The zero-order valence-electron chi connectivity index (χ0n) is 13.6. The Balaban J connectivity index is 1.80. The van der Waals surface area contributed by atoms with Gasteiger partial charge in [0.2, 0.25) is 0 Å². The van der Waals surface area contributed by atoms with Crippen molar-refractivity contribution in [1.29, 1.82) is 0 Å². The molecule has 0 amide bonds. The Morgan fingerprint density at radius 1 is 1.38 bits per heavy atom. The molecule has 0 radical (unpaired) electrons. The van der Waals surface area contributed by atoms with Gasteiger partial charge >= 0.3 is 0 Å². The van der Waals surface area contributed by atoms with Crippen molar-refractivity contribution in [2.24, 2.45) is 0 Å². The maximum Gasteiger partial charge on any atom is 0.186 e. The lowest BCUT2D eigenvalue weighted by molar-refractivity contribution is 0.203. The molecule has 5 heteroatoms. The van der Waals surface area contributed by atoms with Crippen LogP contribution in [0.25, 0.3) is 0 Å². The summed E-state index contributed by atoms with van der Waals surface area (Å²) in [7, 11) is 2.02. The number of hydrogen-bond donors (Lipinski definition) is 1. The zero-order valence-corrected chi connectivity index (χ0v) is 14.4. The first-order chi connectivity index (χ1) is 10.2. The Morgan fingerprint density at radius 3 is 3.00 bits per heavy atom. The molecule has 0 bridgehead atoms. The summed E-state index contributed by atoms with van der Waals surface area (Å²) >= 11 is 1.90. The van der Waals surface area contributed by atoms with Gasteiger partial charge in [-0.3, -0.25) is 4.90 Å². The molecule has 0 saturated carbocycles. The maximum absolute atomic E-state index is 4.99. The predicted molar refractivity (Wildman–Crippen MR) is 90.3 cm³/mol. The molecule has 2 fully saturated rings. The van der Waals surface area contributed by atoms with Gasteiger partial charge in [-0.25, -0.2) is 4.98 Å². The third-order valence-electron chi connectivity index (χ3n) is 4.77. The normalized spacial score (nSPS) is 26.3. The summed E-state index contributed by atoms with van der Waals surface area (Å²) in [6.07, 6.45) is 5.01. The zero-order chi connectivity index (χ0) is 14.8.